The number of carbonyl (C=O) groups is 2. The number of β-amino-alcohol motifs (C(OH)–C–C–N with tert-alkyl or cyclic N) is 1. The Balaban J connectivity index is 1.47. The van der Waals surface area contributed by atoms with E-state index in [1.54, 1.807) is 59.5 Å². The Morgan fingerprint density at radius 2 is 1.82 bits per heavy atom. The van der Waals surface area contributed by atoms with Gasteiger partial charge in [0, 0.05) is 19.2 Å². The minimum atomic E-state index is -4.58. The minimum absolute atomic E-state index is 0.123. The summed E-state index contributed by atoms with van der Waals surface area (Å²) >= 11 is 0. The number of benzene rings is 2. The van der Waals surface area contributed by atoms with Crippen molar-refractivity contribution in [1.29, 1.82) is 0 Å². The molecule has 1 aliphatic heterocycles. The van der Waals surface area contributed by atoms with Crippen LogP contribution >= 0.6 is 0 Å². The van der Waals surface area contributed by atoms with Crippen molar-refractivity contribution in [3.8, 4) is 0 Å². The Morgan fingerprint density at radius 1 is 1.08 bits per heavy atom. The van der Waals surface area contributed by atoms with Crippen LogP contribution in [-0.2, 0) is 15.8 Å². The zero-order valence-corrected chi connectivity index (χ0v) is 20.2. The lowest BCUT2D eigenvalue weighted by Gasteiger charge is -2.27. The molecule has 0 bridgehead atoms. The van der Waals surface area contributed by atoms with E-state index in [-0.39, 0.29) is 18.1 Å². The van der Waals surface area contributed by atoms with Crippen LogP contribution in [0.3, 0.4) is 0 Å². The third-order valence-electron chi connectivity index (χ3n) is 6.03. The fourth-order valence-corrected chi connectivity index (χ4v) is 4.12. The lowest BCUT2D eigenvalue weighted by Crippen LogP contribution is -2.36. The van der Waals surface area contributed by atoms with Crippen LogP contribution in [0.2, 0.25) is 0 Å². The first-order chi connectivity index (χ1) is 18.1. The topological polar surface area (TPSA) is 121 Å². The fraction of sp³-hybridized carbons (Fsp3) is 0.222. The molecule has 4 rings (SSSR count). The number of alkyl halides is 3. The van der Waals surface area contributed by atoms with Gasteiger partial charge in [-0.05, 0) is 47.9 Å². The number of nitrogens with one attached hydrogen (secondary N) is 2. The number of likely N-dealkylation sites (tertiary alicyclic amines) is 1. The molecule has 8 nitrogen and oxygen atoms in total. The lowest BCUT2D eigenvalue weighted by atomic mass is 10.0. The molecule has 1 unspecified atom stereocenters. The summed E-state index contributed by atoms with van der Waals surface area (Å²) < 4.78 is 38.4. The van der Waals surface area contributed by atoms with Crippen molar-refractivity contribution in [3.63, 3.8) is 0 Å². The largest absolute Gasteiger partial charge is 0.433 e. The second-order valence-electron chi connectivity index (χ2n) is 8.84. The van der Waals surface area contributed by atoms with E-state index in [1.807, 2.05) is 0 Å². The molecule has 1 aliphatic rings. The molecule has 198 valence electrons. The minimum Gasteiger partial charge on any atom is -0.397 e. The van der Waals surface area contributed by atoms with Crippen molar-refractivity contribution in [2.45, 2.75) is 24.7 Å². The predicted molar refractivity (Wildman–Crippen MR) is 138 cm³/mol. The maximum atomic E-state index is 13.2. The van der Waals surface area contributed by atoms with Crippen LogP contribution in [0.1, 0.15) is 29.3 Å². The molecule has 11 heteroatoms. The van der Waals surface area contributed by atoms with E-state index in [0.29, 0.717) is 35.5 Å². The summed E-state index contributed by atoms with van der Waals surface area (Å²) in [5.41, 5.74) is 7.18. The Hall–Kier alpha value is -4.22. The van der Waals surface area contributed by atoms with E-state index in [2.05, 4.69) is 15.6 Å². The van der Waals surface area contributed by atoms with Gasteiger partial charge < -0.3 is 21.5 Å². The first-order valence-corrected chi connectivity index (χ1v) is 11.8. The summed E-state index contributed by atoms with van der Waals surface area (Å²) in [5.74, 6) is -0.829. The summed E-state index contributed by atoms with van der Waals surface area (Å²) in [7, 11) is 0. The zero-order valence-electron chi connectivity index (χ0n) is 20.2. The average molecular weight is 526 g/mol. The number of nitrogens with zero attached hydrogens (tertiary/aromatic N) is 2. The standard InChI is InChI=1S/C27H26F3N5O3/c28-27(29,30)23-11-10-19(15-32-23)33-26(38)25(35-14-13-20(36)16-35)18-8-5-17(6-9-18)7-12-24(37)34-22-4-2-1-3-21(22)31/h1-12,15,20,25,36H,13-14,16,31H2,(H,33,38)(H,34,37)/t20-,25?/m0/s1. The van der Waals surface area contributed by atoms with Crippen molar-refractivity contribution < 1.29 is 27.9 Å². The first kappa shape index (κ1) is 26.8. The van der Waals surface area contributed by atoms with Crippen LogP contribution in [0.5, 0.6) is 0 Å². The molecule has 2 amide bonds. The van der Waals surface area contributed by atoms with Gasteiger partial charge in [-0.1, -0.05) is 36.4 Å². The molecular formula is C27H26F3N5O3. The summed E-state index contributed by atoms with van der Waals surface area (Å²) in [6, 6.07) is 15.0. The SMILES string of the molecule is Nc1ccccc1NC(=O)C=Cc1ccc(C(C(=O)Nc2ccc(C(F)(F)F)nc2)N2CC[C@H](O)C2)cc1. The molecule has 1 saturated heterocycles. The highest BCUT2D eigenvalue weighted by atomic mass is 19.4. The number of halogens is 3. The van der Waals surface area contributed by atoms with E-state index in [4.69, 9.17) is 5.73 Å². The smallest absolute Gasteiger partial charge is 0.397 e. The number of pyridine rings is 1. The van der Waals surface area contributed by atoms with E-state index in [9.17, 15) is 27.9 Å². The number of amides is 2. The van der Waals surface area contributed by atoms with Crippen molar-refractivity contribution >= 4 is 35.0 Å². The van der Waals surface area contributed by atoms with Crippen molar-refractivity contribution in [1.82, 2.24) is 9.88 Å². The number of anilines is 3. The highest BCUT2D eigenvalue weighted by Crippen LogP contribution is 2.30. The molecule has 3 aromatic rings. The van der Waals surface area contributed by atoms with Gasteiger partial charge in [-0.25, -0.2) is 4.98 Å². The second-order valence-corrected chi connectivity index (χ2v) is 8.84. The van der Waals surface area contributed by atoms with Crippen LogP contribution in [0, 0.1) is 0 Å². The van der Waals surface area contributed by atoms with Gasteiger partial charge in [-0.15, -0.1) is 0 Å². The highest BCUT2D eigenvalue weighted by molar-refractivity contribution is 6.03. The van der Waals surface area contributed by atoms with Crippen LogP contribution < -0.4 is 16.4 Å². The molecule has 0 spiro atoms. The summed E-state index contributed by atoms with van der Waals surface area (Å²) in [6.45, 7) is 0.739. The third kappa shape index (κ3) is 6.75. The number of hydrogen-bond acceptors (Lipinski definition) is 6. The highest BCUT2D eigenvalue weighted by Gasteiger charge is 2.34. The van der Waals surface area contributed by atoms with E-state index in [1.165, 1.54) is 6.08 Å². The molecule has 1 fully saturated rings. The lowest BCUT2D eigenvalue weighted by molar-refractivity contribution is -0.141. The molecule has 0 radical (unpaired) electrons. The predicted octanol–water partition coefficient (Wildman–Crippen LogP) is 4.08. The fourth-order valence-electron chi connectivity index (χ4n) is 4.12. The van der Waals surface area contributed by atoms with Gasteiger partial charge in [0.05, 0.1) is 29.4 Å². The van der Waals surface area contributed by atoms with Crippen LogP contribution in [0.15, 0.2) is 72.9 Å². The summed E-state index contributed by atoms with van der Waals surface area (Å²) in [4.78, 5) is 30.7. The molecule has 2 atom stereocenters. The maximum absolute atomic E-state index is 13.2. The molecule has 0 aliphatic carbocycles. The Morgan fingerprint density at radius 3 is 2.42 bits per heavy atom. The Kier molecular flexibility index (Phi) is 8.08. The van der Waals surface area contributed by atoms with Gasteiger partial charge in [0.25, 0.3) is 0 Å². The van der Waals surface area contributed by atoms with E-state index < -0.39 is 29.9 Å². The average Bonchev–Trinajstić information content (AvgIpc) is 3.30. The van der Waals surface area contributed by atoms with Gasteiger partial charge in [0.15, 0.2) is 0 Å². The monoisotopic (exact) mass is 525 g/mol. The van der Waals surface area contributed by atoms with E-state index in [0.717, 1.165) is 18.3 Å². The molecule has 5 N–H and O–H groups in total. The number of para-hydroxylation sites is 2. The van der Waals surface area contributed by atoms with Gasteiger partial charge in [0.1, 0.15) is 11.7 Å². The zero-order chi connectivity index (χ0) is 27.3. The Bertz CT molecular complexity index is 1310. The quantitative estimate of drug-likeness (QED) is 0.273. The molecule has 2 heterocycles. The number of hydrogen-bond donors (Lipinski definition) is 4. The number of aliphatic hydroxyl groups excluding tert-OH is 1. The molecule has 1 aromatic heterocycles. The van der Waals surface area contributed by atoms with E-state index >= 15 is 0 Å². The first-order valence-electron chi connectivity index (χ1n) is 11.8. The summed E-state index contributed by atoms with van der Waals surface area (Å²) in [6.07, 6.45) is -0.743. The molecular weight excluding hydrogens is 499 g/mol. The summed E-state index contributed by atoms with van der Waals surface area (Å²) in [5, 5.41) is 15.3. The van der Waals surface area contributed by atoms with Crippen LogP contribution in [-0.4, -0.2) is 46.0 Å². The number of aliphatic hydroxyl groups is 1. The number of nitrogen functional groups attached to an aromatic ring is 1. The number of rotatable bonds is 7. The van der Waals surface area contributed by atoms with Gasteiger partial charge in [-0.3, -0.25) is 14.5 Å². The molecule has 0 saturated carbocycles. The van der Waals surface area contributed by atoms with Gasteiger partial charge in [-0.2, -0.15) is 13.2 Å². The maximum Gasteiger partial charge on any atom is 0.433 e. The Labute approximate surface area is 217 Å². The van der Waals surface area contributed by atoms with Crippen molar-refractivity contribution in [3.05, 3.63) is 89.8 Å². The van der Waals surface area contributed by atoms with Crippen molar-refractivity contribution in [2.24, 2.45) is 0 Å². The second kappa shape index (κ2) is 11.4. The van der Waals surface area contributed by atoms with Gasteiger partial charge >= 0.3 is 6.18 Å². The molecule has 2 aromatic carbocycles. The number of carbonyl (C=O) groups excluding carboxylic acids is 2. The molecule has 38 heavy (non-hydrogen) atoms. The van der Waals surface area contributed by atoms with Gasteiger partial charge in [0.2, 0.25) is 11.8 Å². The van der Waals surface area contributed by atoms with Crippen LogP contribution in [0.4, 0.5) is 30.2 Å². The van der Waals surface area contributed by atoms with Crippen LogP contribution in [0.25, 0.3) is 6.08 Å². The number of nitrogens with two attached hydrogens (primary N) is 1. The van der Waals surface area contributed by atoms with Crippen molar-refractivity contribution in [2.75, 3.05) is 29.5 Å². The number of aromatic nitrogens is 1. The normalized spacial score (nSPS) is 16.9. The third-order valence-corrected chi connectivity index (χ3v) is 6.03.